The van der Waals surface area contributed by atoms with Crippen molar-refractivity contribution in [1.29, 1.82) is 0 Å². The molecule has 0 bridgehead atoms. The van der Waals surface area contributed by atoms with Crippen molar-refractivity contribution in [2.24, 2.45) is 5.92 Å². The van der Waals surface area contributed by atoms with Crippen molar-refractivity contribution in [2.45, 2.75) is 32.4 Å². The SMILES string of the molecule is CCS(=O)(=O)N1CC12CCN(C(C)=O)C[C@@H]2COc1ccc(OC(F)F)cc1. The van der Waals surface area contributed by atoms with Gasteiger partial charge in [0.25, 0.3) is 0 Å². The first-order valence-corrected chi connectivity index (χ1v) is 10.7. The molecule has 0 N–H and O–H groups in total. The van der Waals surface area contributed by atoms with Gasteiger partial charge in [-0.05, 0) is 37.6 Å². The number of piperidine rings is 1. The molecule has 2 saturated heterocycles. The van der Waals surface area contributed by atoms with E-state index in [4.69, 9.17) is 4.74 Å². The maximum absolute atomic E-state index is 12.3. The Morgan fingerprint density at radius 2 is 1.93 bits per heavy atom. The highest BCUT2D eigenvalue weighted by Crippen LogP contribution is 2.48. The number of hydrogen-bond donors (Lipinski definition) is 0. The number of ether oxygens (including phenoxy) is 2. The van der Waals surface area contributed by atoms with Crippen LogP contribution in [0.4, 0.5) is 8.78 Å². The molecule has 156 valence electrons. The fourth-order valence-electron chi connectivity index (χ4n) is 3.75. The first-order valence-electron chi connectivity index (χ1n) is 9.11. The van der Waals surface area contributed by atoms with Crippen molar-refractivity contribution < 1.29 is 31.5 Å². The normalized spacial score (nSPS) is 27.1. The van der Waals surface area contributed by atoms with E-state index in [1.807, 2.05) is 0 Å². The summed E-state index contributed by atoms with van der Waals surface area (Å²) in [5, 5.41) is 0. The van der Waals surface area contributed by atoms with Gasteiger partial charge in [0.05, 0.1) is 17.9 Å². The predicted octanol–water partition coefficient (Wildman–Crippen LogP) is 1.94. The fraction of sp³-hybridized carbons (Fsp3) is 0.611. The van der Waals surface area contributed by atoms with Crippen LogP contribution in [-0.4, -0.2) is 67.7 Å². The van der Waals surface area contributed by atoms with Crippen molar-refractivity contribution in [1.82, 2.24) is 9.21 Å². The predicted molar refractivity (Wildman–Crippen MR) is 97.8 cm³/mol. The van der Waals surface area contributed by atoms with Crippen LogP contribution in [0.25, 0.3) is 0 Å². The molecule has 2 fully saturated rings. The van der Waals surface area contributed by atoms with Gasteiger partial charge in [-0.1, -0.05) is 0 Å². The van der Waals surface area contributed by atoms with Gasteiger partial charge in [0, 0.05) is 32.5 Å². The summed E-state index contributed by atoms with van der Waals surface area (Å²) in [6, 6.07) is 5.79. The van der Waals surface area contributed by atoms with Crippen LogP contribution in [0, 0.1) is 5.92 Å². The monoisotopic (exact) mass is 418 g/mol. The Bertz CT molecular complexity index is 818. The van der Waals surface area contributed by atoms with E-state index < -0.39 is 22.2 Å². The zero-order chi connectivity index (χ0) is 20.5. The van der Waals surface area contributed by atoms with Crippen molar-refractivity contribution in [2.75, 3.05) is 32.0 Å². The summed E-state index contributed by atoms with van der Waals surface area (Å²) in [4.78, 5) is 13.5. The molecule has 0 aliphatic carbocycles. The van der Waals surface area contributed by atoms with E-state index in [1.165, 1.54) is 35.5 Å². The van der Waals surface area contributed by atoms with E-state index >= 15 is 0 Å². The molecule has 1 aromatic rings. The largest absolute Gasteiger partial charge is 0.493 e. The third kappa shape index (κ3) is 4.22. The lowest BCUT2D eigenvalue weighted by Crippen LogP contribution is -2.51. The van der Waals surface area contributed by atoms with Crippen LogP contribution in [0.1, 0.15) is 20.3 Å². The molecule has 2 aliphatic heterocycles. The molecule has 3 atom stereocenters. The Morgan fingerprint density at radius 3 is 2.50 bits per heavy atom. The Hall–Kier alpha value is -1.94. The number of nitrogens with zero attached hydrogens (tertiary/aromatic N) is 2. The first-order chi connectivity index (χ1) is 13.2. The molecule has 3 rings (SSSR count). The van der Waals surface area contributed by atoms with Crippen molar-refractivity contribution in [3.63, 3.8) is 0 Å². The van der Waals surface area contributed by atoms with Crippen molar-refractivity contribution in [3.05, 3.63) is 24.3 Å². The first kappa shape index (κ1) is 20.8. The highest BCUT2D eigenvalue weighted by molar-refractivity contribution is 7.89. The summed E-state index contributed by atoms with van der Waals surface area (Å²) in [6.07, 6.45) is 0.570. The highest BCUT2D eigenvalue weighted by Gasteiger charge is 2.63. The van der Waals surface area contributed by atoms with Gasteiger partial charge in [0.1, 0.15) is 11.5 Å². The van der Waals surface area contributed by atoms with Crippen LogP contribution < -0.4 is 9.47 Å². The van der Waals surface area contributed by atoms with Crippen LogP contribution in [0.15, 0.2) is 24.3 Å². The van der Waals surface area contributed by atoms with E-state index in [1.54, 1.807) is 11.8 Å². The standard InChI is InChI=1S/C18H24F2N2O5S/c1-3-28(24,25)22-12-18(22)8-9-21(13(2)23)10-14(18)11-26-15-4-6-16(7-5-15)27-17(19)20/h4-7,14,17H,3,8-12H2,1-2H3/t14-,18?,22?/m1/s1. The fourth-order valence-corrected chi connectivity index (χ4v) is 5.28. The highest BCUT2D eigenvalue weighted by atomic mass is 32.2. The Balaban J connectivity index is 1.70. The summed E-state index contributed by atoms with van der Waals surface area (Å²) in [6.45, 7) is 1.79. The van der Waals surface area contributed by atoms with Gasteiger partial charge in [0.2, 0.25) is 15.9 Å². The van der Waals surface area contributed by atoms with Crippen molar-refractivity contribution in [3.8, 4) is 11.5 Å². The molecule has 1 aromatic carbocycles. The number of rotatable bonds is 7. The molecule has 1 spiro atoms. The van der Waals surface area contributed by atoms with Crippen molar-refractivity contribution >= 4 is 15.9 Å². The van der Waals surface area contributed by atoms with Gasteiger partial charge in [-0.25, -0.2) is 8.42 Å². The molecule has 1 amide bonds. The Labute approximate surface area is 163 Å². The van der Waals surface area contributed by atoms with Crippen LogP contribution in [0.5, 0.6) is 11.5 Å². The zero-order valence-corrected chi connectivity index (χ0v) is 16.6. The molecular formula is C18H24F2N2O5S. The molecule has 0 aromatic heterocycles. The molecule has 7 nitrogen and oxygen atoms in total. The van der Waals surface area contributed by atoms with E-state index in [9.17, 15) is 22.0 Å². The average Bonchev–Trinajstić information content (AvgIpc) is 3.37. The molecule has 28 heavy (non-hydrogen) atoms. The molecule has 10 heteroatoms. The summed E-state index contributed by atoms with van der Waals surface area (Å²) in [7, 11) is -3.32. The second kappa shape index (κ2) is 7.82. The minimum Gasteiger partial charge on any atom is -0.493 e. The molecule has 2 unspecified atom stereocenters. The Morgan fingerprint density at radius 1 is 1.29 bits per heavy atom. The van der Waals surface area contributed by atoms with Crippen LogP contribution in [-0.2, 0) is 14.8 Å². The second-order valence-corrected chi connectivity index (χ2v) is 9.27. The number of halogens is 2. The molecule has 2 heterocycles. The van der Waals surface area contributed by atoms with E-state index in [2.05, 4.69) is 4.74 Å². The number of carbonyl (C=O) groups excluding carboxylic acids is 1. The molecule has 0 saturated carbocycles. The summed E-state index contributed by atoms with van der Waals surface area (Å²) >= 11 is 0. The lowest BCUT2D eigenvalue weighted by molar-refractivity contribution is -0.131. The maximum atomic E-state index is 12.3. The summed E-state index contributed by atoms with van der Waals surface area (Å²) in [5.74, 6) is 0.288. The van der Waals surface area contributed by atoms with Gasteiger partial charge >= 0.3 is 6.61 Å². The minimum atomic E-state index is -3.32. The third-order valence-electron chi connectivity index (χ3n) is 5.47. The van der Waals surface area contributed by atoms with E-state index in [0.717, 1.165) is 0 Å². The van der Waals surface area contributed by atoms with Crippen LogP contribution in [0.2, 0.25) is 0 Å². The number of benzene rings is 1. The minimum absolute atomic E-state index is 0.0293. The van der Waals surface area contributed by atoms with Gasteiger partial charge in [-0.15, -0.1) is 0 Å². The lowest BCUT2D eigenvalue weighted by atomic mass is 9.85. The summed E-state index contributed by atoms with van der Waals surface area (Å²) in [5.41, 5.74) is -0.514. The van der Waals surface area contributed by atoms with Crippen LogP contribution in [0.3, 0.4) is 0 Å². The number of sulfonamides is 1. The number of likely N-dealkylation sites (tertiary alicyclic amines) is 1. The van der Waals surface area contributed by atoms with Crippen LogP contribution >= 0.6 is 0 Å². The molecule has 2 aliphatic rings. The Kier molecular flexibility index (Phi) is 5.81. The third-order valence-corrected chi connectivity index (χ3v) is 7.37. The van der Waals surface area contributed by atoms with E-state index in [-0.39, 0.29) is 29.9 Å². The van der Waals surface area contributed by atoms with Gasteiger partial charge in [-0.2, -0.15) is 13.1 Å². The maximum Gasteiger partial charge on any atom is 0.387 e. The smallest absolute Gasteiger partial charge is 0.387 e. The average molecular weight is 418 g/mol. The summed E-state index contributed by atoms with van der Waals surface area (Å²) < 4.78 is 60.7. The van der Waals surface area contributed by atoms with E-state index in [0.29, 0.717) is 31.8 Å². The quantitative estimate of drug-likeness (QED) is 0.633. The van der Waals surface area contributed by atoms with Gasteiger partial charge in [0.15, 0.2) is 0 Å². The van der Waals surface area contributed by atoms with Gasteiger partial charge < -0.3 is 14.4 Å². The number of carbonyl (C=O) groups is 1. The second-order valence-electron chi connectivity index (χ2n) is 7.08. The van der Waals surface area contributed by atoms with Gasteiger partial charge in [-0.3, -0.25) is 4.79 Å². The molecule has 0 radical (unpaired) electrons. The number of alkyl halides is 2. The number of amides is 1. The topological polar surface area (TPSA) is 75.9 Å². The zero-order valence-electron chi connectivity index (χ0n) is 15.8. The number of hydrogen-bond acceptors (Lipinski definition) is 5. The molecular weight excluding hydrogens is 394 g/mol. The lowest BCUT2D eigenvalue weighted by Gasteiger charge is -2.38.